The maximum Gasteiger partial charge on any atom is 0.319 e. The third-order valence-corrected chi connectivity index (χ3v) is 10.1. The molecule has 0 amide bonds. The third kappa shape index (κ3) is 4.40. The van der Waals surface area contributed by atoms with Crippen molar-refractivity contribution in [3.05, 3.63) is 140 Å². The molecule has 0 spiro atoms. The molecule has 0 radical (unpaired) electrons. The standard InChI is InChI=1S/C38H36N6O4/c1-19-13-23(14-20(2)31(19)37(35(45)46)17-29(43-41)33(39)25-9-5-7-11-27(25)37)24-15-21(3)32(22(4)16-24)38(36(47)48)18-30(44-42)34(40)26-10-6-8-12-28(26)38/h5-16,41-42H,17-18,39-40H2,1-4H3,(H,45,46)(H,47,48)/b43-41+,44-42+. The minimum Gasteiger partial charge on any atom is -0.480 e. The molecule has 8 N–H and O–H groups in total. The molecule has 0 aliphatic heterocycles. The number of carbonyl (C=O) groups is 2. The predicted octanol–water partition coefficient (Wildman–Crippen LogP) is 7.45. The van der Waals surface area contributed by atoms with Crippen molar-refractivity contribution in [3.8, 4) is 11.1 Å². The zero-order valence-corrected chi connectivity index (χ0v) is 27.0. The number of hydrogen-bond acceptors (Lipinski definition) is 8. The summed E-state index contributed by atoms with van der Waals surface area (Å²) in [7, 11) is 0. The van der Waals surface area contributed by atoms with Crippen LogP contribution in [0.3, 0.4) is 0 Å². The van der Waals surface area contributed by atoms with E-state index in [2.05, 4.69) is 21.3 Å². The van der Waals surface area contributed by atoms with Crippen LogP contribution in [0.25, 0.3) is 22.5 Å². The summed E-state index contributed by atoms with van der Waals surface area (Å²) in [5.41, 5.74) is 25.1. The molecule has 2 aliphatic rings. The van der Waals surface area contributed by atoms with Gasteiger partial charge in [0.25, 0.3) is 0 Å². The number of carboxylic acid groups (broad SMARTS) is 2. The van der Waals surface area contributed by atoms with E-state index >= 15 is 0 Å². The Morgan fingerprint density at radius 2 is 1.00 bits per heavy atom. The molecule has 2 aliphatic carbocycles. The minimum atomic E-state index is -1.54. The molecule has 0 aromatic heterocycles. The van der Waals surface area contributed by atoms with Crippen molar-refractivity contribution in [3.63, 3.8) is 0 Å². The van der Waals surface area contributed by atoms with Gasteiger partial charge in [-0.15, -0.1) is 0 Å². The summed E-state index contributed by atoms with van der Waals surface area (Å²) in [6, 6.07) is 21.9. The molecule has 0 fully saturated rings. The topological polar surface area (TPSA) is 199 Å². The number of nitrogens with two attached hydrogens (primary N) is 2. The van der Waals surface area contributed by atoms with Crippen molar-refractivity contribution in [1.82, 2.24) is 0 Å². The largest absolute Gasteiger partial charge is 0.480 e. The first-order chi connectivity index (χ1) is 23.8. The zero-order valence-electron chi connectivity index (χ0n) is 29.0. The average molecular weight is 641 g/mol. The van der Waals surface area contributed by atoms with E-state index in [0.717, 1.165) is 33.4 Å². The van der Waals surface area contributed by atoms with Crippen LogP contribution in [-0.4, -0.2) is 22.2 Å². The maximum atomic E-state index is 13.4. The molecule has 242 valence electrons. The molecule has 4 aromatic rings. The first-order valence-corrected chi connectivity index (χ1v) is 15.4. The summed E-state index contributed by atoms with van der Waals surface area (Å²) < 4.78 is 14.7. The Hall–Kier alpha value is -5.90. The highest BCUT2D eigenvalue weighted by atomic mass is 16.4. The van der Waals surface area contributed by atoms with E-state index in [1.165, 1.54) is 0 Å². The summed E-state index contributed by atoms with van der Waals surface area (Å²) in [5, 5.41) is 29.8. The summed E-state index contributed by atoms with van der Waals surface area (Å²) in [6.07, 6.45) is -0.165. The second-order valence-electron chi connectivity index (χ2n) is 12.8. The fraction of sp³-hybridized carbons (Fsp3) is 0.211. The first-order valence-electron chi connectivity index (χ1n) is 16.3. The van der Waals surface area contributed by atoms with Gasteiger partial charge in [-0.1, -0.05) is 72.8 Å². The lowest BCUT2D eigenvalue weighted by Crippen LogP contribution is -2.42. The van der Waals surface area contributed by atoms with Gasteiger partial charge in [-0.3, -0.25) is 9.59 Å². The molecule has 4 aromatic carbocycles. The highest BCUT2D eigenvalue weighted by Gasteiger charge is 2.51. The number of allylic oxidation sites excluding steroid dienone is 2. The van der Waals surface area contributed by atoms with Crippen LogP contribution in [-0.2, 0) is 20.4 Å². The van der Waals surface area contributed by atoms with E-state index in [9.17, 15) is 19.8 Å². The Morgan fingerprint density at radius 1 is 0.667 bits per heavy atom. The van der Waals surface area contributed by atoms with Gasteiger partial charge in [0, 0.05) is 24.0 Å². The molecular formula is C38H36N6O4. The van der Waals surface area contributed by atoms with Crippen LogP contribution in [0.15, 0.2) is 94.4 Å². The lowest BCUT2D eigenvalue weighted by molar-refractivity contribution is -0.143. The van der Waals surface area contributed by atoms with Crippen LogP contribution in [0.1, 0.15) is 68.5 Å². The van der Waals surface area contributed by atoms with Gasteiger partial charge in [0.1, 0.15) is 10.8 Å². The van der Waals surface area contributed by atoms with E-state index in [1.54, 1.807) is 48.5 Å². The van der Waals surface area contributed by atoms with Crippen molar-refractivity contribution in [2.45, 2.75) is 51.4 Å². The zero-order chi connectivity index (χ0) is 36.1. The Bertz CT molecular complexity index is 2040. The lowest BCUT2D eigenvalue weighted by Gasteiger charge is -2.38. The molecule has 2 unspecified atom stereocenters. The van der Waals surface area contributed by atoms with Crippen LogP contribution in [0.2, 0.25) is 2.82 Å². The summed E-state index contributed by atoms with van der Waals surface area (Å²) in [4.78, 5) is 26.9. The van der Waals surface area contributed by atoms with Gasteiger partial charge in [-0.25, -0.2) is 11.0 Å². The predicted molar refractivity (Wildman–Crippen MR) is 182 cm³/mol. The normalized spacial score (nSPS) is 21.2. The molecule has 10 heteroatoms. The maximum absolute atomic E-state index is 13.4. The van der Waals surface area contributed by atoms with Gasteiger partial charge in [-0.05, 0) is 83.3 Å². The molecule has 0 saturated carbocycles. The monoisotopic (exact) mass is 640 g/mol. The van der Waals surface area contributed by atoms with Gasteiger partial charge in [0.15, 0.2) is 0 Å². The van der Waals surface area contributed by atoms with Crippen LogP contribution >= 0.6 is 0 Å². The average Bonchev–Trinajstić information content (AvgIpc) is 3.07. The van der Waals surface area contributed by atoms with E-state index in [4.69, 9.17) is 14.3 Å². The number of aliphatic carboxylic acids is 2. The number of rotatable bonds is 7. The van der Waals surface area contributed by atoms with Crippen LogP contribution in [0.4, 0.5) is 0 Å². The van der Waals surface area contributed by atoms with Crippen molar-refractivity contribution in [2.75, 3.05) is 0 Å². The SMILES string of the molecule is [H]/N=N/C1=C(N)c2ccccc2C(C(=O)O)(c2c(C)cc(-c3cc(C)c(C4(C(=O)O)CC(/N=N/[H])=C(N)c5ccccc54)c(C)c3)cc2C)C1. The number of nitrogens with zero attached hydrogens (tertiary/aromatic N) is 2. The third-order valence-electron chi connectivity index (χ3n) is 10.1. The fourth-order valence-corrected chi connectivity index (χ4v) is 8.20. The second kappa shape index (κ2) is 11.4. The van der Waals surface area contributed by atoms with Crippen LogP contribution in [0, 0.1) is 38.7 Å². The quantitative estimate of drug-likeness (QED) is 0.113. The van der Waals surface area contributed by atoms with E-state index < -0.39 is 22.8 Å². The van der Waals surface area contributed by atoms with E-state index in [1.807, 2.05) is 52.0 Å². The number of hydrogen-bond donors (Lipinski definition) is 6. The molecule has 10 nitrogen and oxygen atoms in total. The highest BCUT2D eigenvalue weighted by Crippen LogP contribution is 2.51. The fourth-order valence-electron chi connectivity index (χ4n) is 8.20. The van der Waals surface area contributed by atoms with Crippen molar-refractivity contribution >= 4 is 23.3 Å². The number of fused-ring (bicyclic) bond motifs is 2. The first kappa shape index (κ1) is 29.5. The Balaban J connectivity index is 1.53. The number of aryl methyl sites for hydroxylation is 4. The lowest BCUT2D eigenvalue weighted by atomic mass is 9.63. The molecule has 0 heterocycles. The van der Waals surface area contributed by atoms with Crippen LogP contribution < -0.4 is 11.5 Å². The second-order valence-corrected chi connectivity index (χ2v) is 12.8. The van der Waals surface area contributed by atoms with Crippen molar-refractivity contribution in [2.24, 2.45) is 21.7 Å². The Labute approximate surface area is 280 Å². The van der Waals surface area contributed by atoms with Gasteiger partial charge >= 0.3 is 11.9 Å². The summed E-state index contributed by atoms with van der Waals surface area (Å²) in [5.74, 6) is -2.15. The van der Waals surface area contributed by atoms with Crippen LogP contribution in [0.5, 0.6) is 0 Å². The highest BCUT2D eigenvalue weighted by molar-refractivity contribution is 5.94. The summed E-state index contributed by atoms with van der Waals surface area (Å²) >= 11 is 0. The molecule has 0 saturated heterocycles. The molecule has 2 atom stereocenters. The van der Waals surface area contributed by atoms with E-state index in [0.29, 0.717) is 44.8 Å². The molecule has 6 rings (SSSR count). The number of nitrogens with one attached hydrogen (secondary N) is 2. The number of benzene rings is 4. The molecule has 0 bridgehead atoms. The summed E-state index contributed by atoms with van der Waals surface area (Å²) in [6.45, 7) is 7.49. The van der Waals surface area contributed by atoms with Gasteiger partial charge in [0.2, 0.25) is 2.82 Å². The number of carboxylic acids is 2. The Morgan fingerprint density at radius 3 is 1.31 bits per heavy atom. The van der Waals surface area contributed by atoms with Gasteiger partial charge in [0.05, 0.1) is 22.8 Å². The van der Waals surface area contributed by atoms with Gasteiger partial charge < -0.3 is 21.7 Å². The molecule has 48 heavy (non-hydrogen) atoms. The molecular weight excluding hydrogens is 604 g/mol. The van der Waals surface area contributed by atoms with Crippen molar-refractivity contribution in [1.29, 1.82) is 11.0 Å². The van der Waals surface area contributed by atoms with Gasteiger partial charge in [-0.2, -0.15) is 10.2 Å². The van der Waals surface area contributed by atoms with E-state index in [-0.39, 0.29) is 24.2 Å². The Kier molecular flexibility index (Phi) is 7.01. The minimum absolute atomic E-state index is 0.0824. The van der Waals surface area contributed by atoms with Crippen molar-refractivity contribution < 1.29 is 22.6 Å². The smallest absolute Gasteiger partial charge is 0.319 e.